The van der Waals surface area contributed by atoms with Crippen molar-refractivity contribution in [2.24, 2.45) is 0 Å². The molecule has 0 aliphatic rings. The van der Waals surface area contributed by atoms with E-state index in [1.54, 1.807) is 0 Å². The van der Waals surface area contributed by atoms with Gasteiger partial charge in [-0.25, -0.2) is 0 Å². The Balaban J connectivity index is 2.59. The van der Waals surface area contributed by atoms with Crippen LogP contribution in [-0.4, -0.2) is 19.0 Å². The quantitative estimate of drug-likeness (QED) is 0.593. The van der Waals surface area contributed by atoms with Crippen LogP contribution in [0.1, 0.15) is 5.56 Å². The number of hydrogen-bond acceptors (Lipinski definition) is 1. The summed E-state index contributed by atoms with van der Waals surface area (Å²) in [6.45, 7) is 0.997. The van der Waals surface area contributed by atoms with Crippen LogP contribution in [0, 0.1) is 6.07 Å². The molecule has 0 spiro atoms. The molecule has 0 atom stereocenters. The maximum atomic E-state index is 3.04. The smallest absolute Gasteiger partial charge is 0.0227 e. The summed E-state index contributed by atoms with van der Waals surface area (Å²) in [5.41, 5.74) is 1.31. The minimum Gasteiger partial charge on any atom is -0.305 e. The van der Waals surface area contributed by atoms with Gasteiger partial charge in [-0.15, -0.1) is 0 Å². The normalized spacial score (nSPS) is 10.3. The van der Waals surface area contributed by atoms with E-state index in [0.29, 0.717) is 0 Å². The second-order valence-corrected chi connectivity index (χ2v) is 2.65. The zero-order valence-electron chi connectivity index (χ0n) is 6.46. The van der Waals surface area contributed by atoms with Crippen LogP contribution in [-0.2, 0) is 6.54 Å². The van der Waals surface area contributed by atoms with Crippen LogP contribution in [0.5, 0.6) is 0 Å². The number of benzene rings is 1. The standard InChI is InChI=1S/C9H12N/c1-10(2)8-9-6-4-3-5-7-9/h3-4,6-7H,8H2,1-2H3. The first-order valence-electron chi connectivity index (χ1n) is 3.39. The molecule has 1 aromatic rings. The summed E-state index contributed by atoms with van der Waals surface area (Å²) in [5.74, 6) is 0. The van der Waals surface area contributed by atoms with E-state index >= 15 is 0 Å². The first-order valence-corrected chi connectivity index (χ1v) is 3.39. The van der Waals surface area contributed by atoms with E-state index in [9.17, 15) is 0 Å². The van der Waals surface area contributed by atoms with Gasteiger partial charge in [-0.2, -0.15) is 0 Å². The van der Waals surface area contributed by atoms with Crippen LogP contribution in [0.2, 0.25) is 0 Å². The highest BCUT2D eigenvalue weighted by molar-refractivity contribution is 5.13. The molecule has 1 heteroatoms. The maximum absolute atomic E-state index is 3.04. The molecule has 0 saturated heterocycles. The lowest BCUT2D eigenvalue weighted by atomic mass is 10.2. The zero-order valence-corrected chi connectivity index (χ0v) is 6.46. The lowest BCUT2D eigenvalue weighted by Crippen LogP contribution is -2.10. The van der Waals surface area contributed by atoms with Gasteiger partial charge in [-0.3, -0.25) is 0 Å². The van der Waals surface area contributed by atoms with Crippen molar-refractivity contribution in [2.45, 2.75) is 6.54 Å². The molecule has 1 nitrogen and oxygen atoms in total. The average molecular weight is 134 g/mol. The summed E-state index contributed by atoms with van der Waals surface area (Å²) in [5, 5.41) is 0. The van der Waals surface area contributed by atoms with Gasteiger partial charge in [0.15, 0.2) is 0 Å². The molecule has 0 unspecified atom stereocenters. The van der Waals surface area contributed by atoms with Gasteiger partial charge < -0.3 is 4.90 Å². The molecule has 1 aromatic carbocycles. The molecule has 0 aliphatic carbocycles. The number of nitrogens with zero attached hydrogens (tertiary/aromatic N) is 1. The molecule has 0 amide bonds. The molecule has 0 heterocycles. The van der Waals surface area contributed by atoms with E-state index < -0.39 is 0 Å². The molecule has 10 heavy (non-hydrogen) atoms. The van der Waals surface area contributed by atoms with Crippen LogP contribution >= 0.6 is 0 Å². The zero-order chi connectivity index (χ0) is 7.40. The molecule has 0 aromatic heterocycles. The summed E-state index contributed by atoms with van der Waals surface area (Å²) >= 11 is 0. The third-order valence-electron chi connectivity index (χ3n) is 1.27. The highest BCUT2D eigenvalue weighted by Gasteiger charge is 1.90. The van der Waals surface area contributed by atoms with Crippen molar-refractivity contribution in [3.63, 3.8) is 0 Å². The Morgan fingerprint density at radius 2 is 2.30 bits per heavy atom. The fraction of sp³-hybridized carbons (Fsp3) is 0.333. The van der Waals surface area contributed by atoms with E-state index in [0.717, 1.165) is 6.54 Å². The monoisotopic (exact) mass is 134 g/mol. The minimum absolute atomic E-state index is 0.997. The van der Waals surface area contributed by atoms with Crippen LogP contribution in [0.4, 0.5) is 0 Å². The Morgan fingerprint density at radius 1 is 1.50 bits per heavy atom. The molecule has 53 valence electrons. The van der Waals surface area contributed by atoms with E-state index in [4.69, 9.17) is 0 Å². The molecule has 0 aliphatic heterocycles. The van der Waals surface area contributed by atoms with Gasteiger partial charge in [0.05, 0.1) is 0 Å². The third-order valence-corrected chi connectivity index (χ3v) is 1.27. The maximum Gasteiger partial charge on any atom is 0.0227 e. The molecule has 0 bridgehead atoms. The van der Waals surface area contributed by atoms with Gasteiger partial charge in [0.25, 0.3) is 0 Å². The fourth-order valence-electron chi connectivity index (χ4n) is 0.894. The molecular formula is C9H12N. The van der Waals surface area contributed by atoms with Gasteiger partial charge >= 0.3 is 0 Å². The van der Waals surface area contributed by atoms with Crippen LogP contribution in [0.15, 0.2) is 24.3 Å². The van der Waals surface area contributed by atoms with Gasteiger partial charge in [-0.05, 0) is 31.8 Å². The first-order chi connectivity index (χ1) is 4.79. The first kappa shape index (κ1) is 7.29. The van der Waals surface area contributed by atoms with Crippen molar-refractivity contribution in [3.05, 3.63) is 35.9 Å². The van der Waals surface area contributed by atoms with Gasteiger partial charge in [-0.1, -0.05) is 18.2 Å². The third kappa shape index (κ3) is 2.19. The molecule has 0 N–H and O–H groups in total. The predicted molar refractivity (Wildman–Crippen MR) is 42.7 cm³/mol. The molecule has 0 fully saturated rings. The van der Waals surface area contributed by atoms with E-state index in [1.165, 1.54) is 5.56 Å². The summed E-state index contributed by atoms with van der Waals surface area (Å²) in [4.78, 5) is 2.14. The Labute approximate surface area is 62.3 Å². The Bertz CT molecular complexity index is 179. The molecule has 0 saturated carbocycles. The number of rotatable bonds is 2. The highest BCUT2D eigenvalue weighted by atomic mass is 15.0. The van der Waals surface area contributed by atoms with Crippen molar-refractivity contribution < 1.29 is 0 Å². The van der Waals surface area contributed by atoms with E-state index in [-0.39, 0.29) is 0 Å². The lowest BCUT2D eigenvalue weighted by molar-refractivity contribution is 0.402. The van der Waals surface area contributed by atoms with Crippen molar-refractivity contribution in [2.75, 3.05) is 14.1 Å². The summed E-state index contributed by atoms with van der Waals surface area (Å²) in [7, 11) is 4.12. The van der Waals surface area contributed by atoms with Crippen molar-refractivity contribution in [1.82, 2.24) is 4.90 Å². The second-order valence-electron chi connectivity index (χ2n) is 2.65. The topological polar surface area (TPSA) is 3.24 Å². The average Bonchev–Trinajstić information content (AvgIpc) is 1.88. The second kappa shape index (κ2) is 3.37. The van der Waals surface area contributed by atoms with Gasteiger partial charge in [0.1, 0.15) is 0 Å². The Hall–Kier alpha value is -0.820. The SMILES string of the molecule is CN(C)Cc1c[c]ccc1. The largest absolute Gasteiger partial charge is 0.305 e. The Morgan fingerprint density at radius 3 is 2.80 bits per heavy atom. The van der Waals surface area contributed by atoms with Crippen molar-refractivity contribution in [1.29, 1.82) is 0 Å². The minimum atomic E-state index is 0.997. The fourth-order valence-corrected chi connectivity index (χ4v) is 0.894. The summed E-state index contributed by atoms with van der Waals surface area (Å²) in [6.07, 6.45) is 0. The molecule has 1 radical (unpaired) electrons. The Kier molecular flexibility index (Phi) is 2.46. The number of hydrogen-bond donors (Lipinski definition) is 0. The molecular weight excluding hydrogens is 122 g/mol. The van der Waals surface area contributed by atoms with Crippen LogP contribution in [0.25, 0.3) is 0 Å². The summed E-state index contributed by atoms with van der Waals surface area (Å²) in [6, 6.07) is 11.1. The predicted octanol–water partition coefficient (Wildman–Crippen LogP) is 1.55. The van der Waals surface area contributed by atoms with Crippen LogP contribution in [0.3, 0.4) is 0 Å². The van der Waals surface area contributed by atoms with E-state index in [2.05, 4.69) is 31.1 Å². The molecule has 1 rings (SSSR count). The van der Waals surface area contributed by atoms with Crippen LogP contribution < -0.4 is 0 Å². The van der Waals surface area contributed by atoms with Gasteiger partial charge in [0.2, 0.25) is 0 Å². The lowest BCUT2D eigenvalue weighted by Gasteiger charge is -2.07. The van der Waals surface area contributed by atoms with E-state index in [1.807, 2.05) is 18.2 Å². The van der Waals surface area contributed by atoms with Crippen molar-refractivity contribution >= 4 is 0 Å². The van der Waals surface area contributed by atoms with Crippen molar-refractivity contribution in [3.8, 4) is 0 Å². The summed E-state index contributed by atoms with van der Waals surface area (Å²) < 4.78 is 0. The van der Waals surface area contributed by atoms with Gasteiger partial charge in [0, 0.05) is 6.54 Å². The highest BCUT2D eigenvalue weighted by Crippen LogP contribution is 1.99.